The van der Waals surface area contributed by atoms with E-state index in [-0.39, 0.29) is 49.1 Å². The topological polar surface area (TPSA) is 129 Å². The van der Waals surface area contributed by atoms with Crippen molar-refractivity contribution in [3.8, 4) is 17.1 Å². The maximum absolute atomic E-state index is 14.2. The fourth-order valence-electron chi connectivity index (χ4n) is 5.82. The Balaban J connectivity index is 1.26. The van der Waals surface area contributed by atoms with E-state index in [1.54, 1.807) is 69.0 Å². The third-order valence-corrected chi connectivity index (χ3v) is 9.62. The molecule has 7 rings (SSSR count). The van der Waals surface area contributed by atoms with Crippen molar-refractivity contribution in [3.05, 3.63) is 122 Å². The summed E-state index contributed by atoms with van der Waals surface area (Å²) >= 11 is 9.69. The number of fused-ring (bicyclic) bond motifs is 1. The zero-order valence-electron chi connectivity index (χ0n) is 25.4. The second-order valence-electron chi connectivity index (χ2n) is 11.8. The minimum Gasteiger partial charge on any atom is -0.490 e. The number of hydrogen-bond donors (Lipinski definition) is 2. The van der Waals surface area contributed by atoms with Crippen LogP contribution in [0.3, 0.4) is 0 Å². The molecule has 13 heteroatoms. The number of rotatable bonds is 8. The lowest BCUT2D eigenvalue weighted by atomic mass is 10.1. The van der Waals surface area contributed by atoms with Gasteiger partial charge in [-0.05, 0) is 89.8 Å². The number of nitrogens with zero attached hydrogens (tertiary/aromatic N) is 5. The largest absolute Gasteiger partial charge is 0.490 e. The van der Waals surface area contributed by atoms with E-state index in [1.165, 1.54) is 4.57 Å². The number of halogens is 2. The van der Waals surface area contributed by atoms with Gasteiger partial charge in [0.1, 0.15) is 11.4 Å². The summed E-state index contributed by atoms with van der Waals surface area (Å²) in [7, 11) is 0. The van der Waals surface area contributed by atoms with Gasteiger partial charge in [0.2, 0.25) is 0 Å². The molecule has 1 fully saturated rings. The Morgan fingerprint density at radius 1 is 1.11 bits per heavy atom. The first kappa shape index (κ1) is 30.8. The van der Waals surface area contributed by atoms with E-state index >= 15 is 0 Å². The van der Waals surface area contributed by atoms with Gasteiger partial charge >= 0.3 is 5.69 Å². The van der Waals surface area contributed by atoms with E-state index in [1.807, 2.05) is 31.2 Å². The Morgan fingerprint density at radius 2 is 1.87 bits per heavy atom. The highest BCUT2D eigenvalue weighted by Gasteiger charge is 2.35. The molecule has 2 amide bonds. The van der Waals surface area contributed by atoms with Crippen LogP contribution in [0.15, 0.2) is 88.4 Å². The van der Waals surface area contributed by atoms with Crippen LogP contribution >= 0.6 is 27.5 Å². The van der Waals surface area contributed by atoms with Crippen LogP contribution in [0.1, 0.15) is 51.9 Å². The molecule has 0 radical (unpaired) electrons. The predicted molar refractivity (Wildman–Crippen MR) is 181 cm³/mol. The number of benzene rings is 3. The van der Waals surface area contributed by atoms with Crippen molar-refractivity contribution < 1.29 is 14.3 Å². The number of amides is 2. The number of nitrogens with one attached hydrogen (secondary N) is 1. The number of ether oxygens (including phenoxy) is 1. The van der Waals surface area contributed by atoms with Gasteiger partial charge in [0.25, 0.3) is 11.8 Å². The molecular weight excluding hydrogens is 686 g/mol. The van der Waals surface area contributed by atoms with Crippen molar-refractivity contribution in [2.75, 3.05) is 5.73 Å². The molecule has 1 saturated carbocycles. The summed E-state index contributed by atoms with van der Waals surface area (Å²) in [6, 6.07) is 19.4. The third-order valence-electron chi connectivity index (χ3n) is 8.39. The molecule has 2 aromatic heterocycles. The van der Waals surface area contributed by atoms with Crippen LogP contribution in [0.5, 0.6) is 5.75 Å². The number of carbonyl (C=O) groups excluding carboxylic acids is 2. The van der Waals surface area contributed by atoms with Gasteiger partial charge in [0.05, 0.1) is 52.8 Å². The van der Waals surface area contributed by atoms with Crippen LogP contribution in [-0.2, 0) is 19.6 Å². The van der Waals surface area contributed by atoms with Crippen LogP contribution in [0.4, 0.5) is 5.69 Å². The molecule has 47 heavy (non-hydrogen) atoms. The maximum Gasteiger partial charge on any atom is 0.333 e. The van der Waals surface area contributed by atoms with Crippen LogP contribution in [0.2, 0.25) is 5.02 Å². The number of anilines is 1. The van der Waals surface area contributed by atoms with Gasteiger partial charge in [0, 0.05) is 29.2 Å². The van der Waals surface area contributed by atoms with Crippen molar-refractivity contribution in [2.45, 2.75) is 51.5 Å². The number of carbonyl (C=O) groups is 2. The summed E-state index contributed by atoms with van der Waals surface area (Å²) in [5.74, 6) is -0.00928. The molecule has 0 unspecified atom stereocenters. The molecule has 5 aromatic rings. The molecule has 2 aliphatic rings. The highest BCUT2D eigenvalue weighted by molar-refractivity contribution is 9.10. The standard InChI is InChI=1S/C34H31BrClN7O4/c1-20-17-41-30(19-40(20)33(45)21-6-13-27(35)28(36)14-21)31(43(34(41)46)24-7-9-25(10-8-24)47-26-11-12-26)32(44)38-15-22-4-2-3-5-29(22)42-18-23(37)16-39-42/h2-10,13-14,16,18,20,26H,11-12,15,17,19,37H2,1H3,(H,38,44)/t20-/m1/s1. The minimum absolute atomic E-state index is 0.0463. The average molecular weight is 717 g/mol. The lowest BCUT2D eigenvalue weighted by Crippen LogP contribution is -2.47. The van der Waals surface area contributed by atoms with Crippen LogP contribution in [0, 0.1) is 0 Å². The van der Waals surface area contributed by atoms with E-state index in [9.17, 15) is 14.4 Å². The quantitative estimate of drug-likeness (QED) is 0.223. The molecule has 1 aliphatic heterocycles. The summed E-state index contributed by atoms with van der Waals surface area (Å²) in [6.07, 6.45) is 5.52. The fourth-order valence-corrected chi connectivity index (χ4v) is 6.25. The van der Waals surface area contributed by atoms with Gasteiger partial charge in [-0.15, -0.1) is 0 Å². The van der Waals surface area contributed by atoms with Crippen LogP contribution < -0.4 is 21.5 Å². The molecule has 3 N–H and O–H groups in total. The summed E-state index contributed by atoms with van der Waals surface area (Å²) in [5, 5.41) is 7.74. The number of imidazole rings is 1. The van der Waals surface area contributed by atoms with Crippen molar-refractivity contribution >= 4 is 45.0 Å². The molecule has 1 atom stereocenters. The average Bonchev–Trinajstić information content (AvgIpc) is 3.71. The molecule has 0 saturated heterocycles. The van der Waals surface area contributed by atoms with Gasteiger partial charge in [0.15, 0.2) is 0 Å². The first-order valence-corrected chi connectivity index (χ1v) is 16.4. The van der Waals surface area contributed by atoms with E-state index < -0.39 is 5.91 Å². The van der Waals surface area contributed by atoms with Crippen molar-refractivity contribution in [1.82, 2.24) is 29.1 Å². The molecule has 240 valence electrons. The number of hydrogen-bond acceptors (Lipinski definition) is 6. The third kappa shape index (κ3) is 6.06. The Kier molecular flexibility index (Phi) is 8.15. The van der Waals surface area contributed by atoms with Crippen LogP contribution in [0.25, 0.3) is 11.4 Å². The first-order valence-electron chi connectivity index (χ1n) is 15.2. The molecule has 3 heterocycles. The highest BCUT2D eigenvalue weighted by Crippen LogP contribution is 2.30. The Labute approximate surface area is 283 Å². The van der Waals surface area contributed by atoms with Gasteiger partial charge in [-0.25, -0.2) is 9.48 Å². The summed E-state index contributed by atoms with van der Waals surface area (Å²) in [4.78, 5) is 43.7. The second kappa shape index (κ2) is 12.4. The number of aromatic nitrogens is 4. The van der Waals surface area contributed by atoms with E-state index in [0.29, 0.717) is 37.9 Å². The molecule has 11 nitrogen and oxygen atoms in total. The zero-order chi connectivity index (χ0) is 32.8. The van der Waals surface area contributed by atoms with Gasteiger partial charge < -0.3 is 20.7 Å². The summed E-state index contributed by atoms with van der Waals surface area (Å²) in [5.41, 5.74) is 9.13. The number of nitrogens with two attached hydrogens (primary N) is 1. The molecule has 0 bridgehead atoms. The SMILES string of the molecule is C[C@@H]1Cn2c(c(C(=O)NCc3ccccc3-n3cc(N)cn3)n(-c3ccc(OC4CC4)cc3)c2=O)CN1C(=O)c1ccc(Br)c(Cl)c1. The minimum atomic E-state index is -0.461. The fraction of sp³-hybridized carbons (Fsp3) is 0.235. The highest BCUT2D eigenvalue weighted by atomic mass is 79.9. The molecule has 0 spiro atoms. The first-order chi connectivity index (χ1) is 22.7. The van der Waals surface area contributed by atoms with Gasteiger partial charge in [-0.1, -0.05) is 29.8 Å². The van der Waals surface area contributed by atoms with Crippen molar-refractivity contribution in [2.24, 2.45) is 0 Å². The number of nitrogen functional groups attached to an aromatic ring is 1. The normalized spacial score (nSPS) is 15.7. The van der Waals surface area contributed by atoms with E-state index in [2.05, 4.69) is 26.3 Å². The summed E-state index contributed by atoms with van der Waals surface area (Å²) in [6.45, 7) is 2.29. The van der Waals surface area contributed by atoms with Gasteiger partial charge in [-0.2, -0.15) is 5.10 Å². The lowest BCUT2D eigenvalue weighted by molar-refractivity contribution is 0.0610. The second-order valence-corrected chi connectivity index (χ2v) is 13.0. The molecule has 3 aromatic carbocycles. The summed E-state index contributed by atoms with van der Waals surface area (Å²) < 4.78 is 11.3. The van der Waals surface area contributed by atoms with E-state index in [0.717, 1.165) is 24.1 Å². The maximum atomic E-state index is 14.2. The monoisotopic (exact) mass is 715 g/mol. The smallest absolute Gasteiger partial charge is 0.333 e. The lowest BCUT2D eigenvalue weighted by Gasteiger charge is -2.34. The zero-order valence-corrected chi connectivity index (χ0v) is 27.7. The Hall–Kier alpha value is -4.81. The van der Waals surface area contributed by atoms with Gasteiger partial charge in [-0.3, -0.25) is 18.7 Å². The van der Waals surface area contributed by atoms with E-state index in [4.69, 9.17) is 22.1 Å². The molecular formula is C34H31BrClN7O4. The Morgan fingerprint density at radius 3 is 2.57 bits per heavy atom. The number of para-hydroxylation sites is 1. The van der Waals surface area contributed by atoms with Crippen molar-refractivity contribution in [1.29, 1.82) is 0 Å². The van der Waals surface area contributed by atoms with Crippen molar-refractivity contribution in [3.63, 3.8) is 0 Å². The van der Waals surface area contributed by atoms with Crippen LogP contribution in [-0.4, -0.2) is 47.8 Å². The predicted octanol–water partition coefficient (Wildman–Crippen LogP) is 5.34. The Bertz CT molecular complexity index is 2070. The molecule has 1 aliphatic carbocycles.